The molecule has 13 heavy (non-hydrogen) atoms. The van der Waals surface area contributed by atoms with Gasteiger partial charge in [-0.25, -0.2) is 0 Å². The minimum absolute atomic E-state index is 0.0601. The van der Waals surface area contributed by atoms with E-state index in [1.807, 2.05) is 0 Å². The highest BCUT2D eigenvalue weighted by molar-refractivity contribution is 5.88. The number of ether oxygens (including phenoxy) is 1. The first-order valence-corrected chi connectivity index (χ1v) is 3.90. The first-order chi connectivity index (χ1) is 6.15. The number of hydrogen-bond donors (Lipinski definition) is 0. The summed E-state index contributed by atoms with van der Waals surface area (Å²) < 4.78 is 30.3. The zero-order valence-electron chi connectivity index (χ0n) is 7.05. The molecule has 0 aromatic heterocycles. The zero-order valence-corrected chi connectivity index (χ0v) is 7.05. The summed E-state index contributed by atoms with van der Waals surface area (Å²) in [6, 6.07) is 6.77. The van der Waals surface area contributed by atoms with Crippen molar-refractivity contribution in [2.75, 3.05) is 7.11 Å². The Bertz CT molecular complexity index is 369. The first-order valence-electron chi connectivity index (χ1n) is 3.90. The summed E-state index contributed by atoms with van der Waals surface area (Å²) in [5, 5.41) is 0. The van der Waals surface area contributed by atoms with E-state index in [1.165, 1.54) is 7.11 Å². The van der Waals surface area contributed by atoms with Crippen molar-refractivity contribution in [3.8, 4) is 5.75 Å². The van der Waals surface area contributed by atoms with Crippen LogP contribution in [0, 0.1) is 0 Å². The third-order valence-corrected chi connectivity index (χ3v) is 2.00. The predicted molar refractivity (Wildman–Crippen MR) is 45.9 cm³/mol. The van der Waals surface area contributed by atoms with Crippen molar-refractivity contribution in [3.63, 3.8) is 0 Å². The van der Waals surface area contributed by atoms with Gasteiger partial charge in [-0.2, -0.15) is 8.78 Å². The molecule has 0 heterocycles. The molecule has 0 bridgehead atoms. The molecule has 0 saturated heterocycles. The number of allylic oxidation sites excluding steroid dienone is 2. The number of alkyl halides is 2. The Morgan fingerprint density at radius 3 is 2.38 bits per heavy atom. The molecule has 2 rings (SSSR count). The van der Waals surface area contributed by atoms with Gasteiger partial charge in [-0.1, -0.05) is 18.2 Å². The van der Waals surface area contributed by atoms with E-state index in [9.17, 15) is 8.78 Å². The van der Waals surface area contributed by atoms with Crippen molar-refractivity contribution >= 4 is 5.57 Å². The van der Waals surface area contributed by atoms with Crippen LogP contribution in [0.5, 0.6) is 5.75 Å². The number of methoxy groups -OCH3 is 1. The summed E-state index contributed by atoms with van der Waals surface area (Å²) in [7, 11) is 1.47. The Kier molecular flexibility index (Phi) is 1.62. The quantitative estimate of drug-likeness (QED) is 0.683. The Morgan fingerprint density at radius 2 is 1.85 bits per heavy atom. The summed E-state index contributed by atoms with van der Waals surface area (Å²) in [5.41, 5.74) is 0.542. The summed E-state index contributed by atoms with van der Waals surface area (Å²) in [6.07, 6.45) is 0.935. The Balaban J connectivity index is 2.37. The maximum absolute atomic E-state index is 12.7. The topological polar surface area (TPSA) is 9.23 Å². The molecule has 0 spiro atoms. The van der Waals surface area contributed by atoms with Crippen LogP contribution in [0.4, 0.5) is 8.78 Å². The molecule has 0 saturated carbocycles. The number of benzene rings is 1. The van der Waals surface area contributed by atoms with Gasteiger partial charge in [0.25, 0.3) is 5.92 Å². The first kappa shape index (κ1) is 8.23. The molecule has 0 fully saturated rings. The van der Waals surface area contributed by atoms with Crippen LogP contribution in [-0.4, -0.2) is 13.0 Å². The molecule has 3 heteroatoms. The Morgan fingerprint density at radius 1 is 1.23 bits per heavy atom. The third kappa shape index (κ3) is 1.30. The van der Waals surface area contributed by atoms with Gasteiger partial charge >= 0.3 is 0 Å². The van der Waals surface area contributed by atoms with E-state index in [0.717, 1.165) is 6.08 Å². The second-order valence-electron chi connectivity index (χ2n) is 2.88. The average molecular weight is 182 g/mol. The van der Waals surface area contributed by atoms with Gasteiger partial charge in [0, 0.05) is 11.1 Å². The lowest BCUT2D eigenvalue weighted by atomic mass is 10.1. The van der Waals surface area contributed by atoms with Crippen molar-refractivity contribution in [1.29, 1.82) is 0 Å². The van der Waals surface area contributed by atoms with Crippen LogP contribution in [0.1, 0.15) is 5.56 Å². The normalized spacial score (nSPS) is 17.9. The molecule has 0 N–H and O–H groups in total. The third-order valence-electron chi connectivity index (χ3n) is 2.00. The smallest absolute Gasteiger partial charge is 0.293 e. The number of rotatable bonds is 2. The zero-order chi connectivity index (χ0) is 9.47. The molecule has 0 amide bonds. The lowest BCUT2D eigenvalue weighted by molar-refractivity contribution is 0.159. The van der Waals surface area contributed by atoms with Crippen LogP contribution >= 0.6 is 0 Å². The highest BCUT2D eigenvalue weighted by Gasteiger charge is 2.47. The van der Waals surface area contributed by atoms with Gasteiger partial charge in [0.2, 0.25) is 0 Å². The molecule has 68 valence electrons. The summed E-state index contributed by atoms with van der Waals surface area (Å²) in [5.74, 6) is -2.24. The highest BCUT2D eigenvalue weighted by Crippen LogP contribution is 2.49. The van der Waals surface area contributed by atoms with Crippen molar-refractivity contribution in [3.05, 3.63) is 35.9 Å². The van der Waals surface area contributed by atoms with Crippen LogP contribution in [0.2, 0.25) is 0 Å². The van der Waals surface area contributed by atoms with E-state index in [4.69, 9.17) is 4.74 Å². The van der Waals surface area contributed by atoms with Crippen LogP contribution in [0.25, 0.3) is 5.57 Å². The molecular formula is C10H8F2O. The van der Waals surface area contributed by atoms with Gasteiger partial charge in [0.05, 0.1) is 7.11 Å². The van der Waals surface area contributed by atoms with Gasteiger partial charge in [0.1, 0.15) is 5.75 Å². The second-order valence-corrected chi connectivity index (χ2v) is 2.88. The van der Waals surface area contributed by atoms with Gasteiger partial charge in [-0.15, -0.1) is 0 Å². The SMILES string of the molecule is COc1ccccc1C1=CC1(F)F. The molecule has 1 aliphatic rings. The maximum Gasteiger partial charge on any atom is 0.293 e. The molecular weight excluding hydrogens is 174 g/mol. The van der Waals surface area contributed by atoms with Crippen molar-refractivity contribution in [2.24, 2.45) is 0 Å². The number of hydrogen-bond acceptors (Lipinski definition) is 1. The molecule has 1 nitrogen and oxygen atoms in total. The van der Waals surface area contributed by atoms with E-state index in [2.05, 4.69) is 0 Å². The van der Waals surface area contributed by atoms with Gasteiger partial charge < -0.3 is 4.74 Å². The Labute approximate surface area is 74.6 Å². The maximum atomic E-state index is 12.7. The monoisotopic (exact) mass is 182 g/mol. The number of halogens is 2. The summed E-state index contributed by atoms with van der Waals surface area (Å²) in [6.45, 7) is 0. The fraction of sp³-hybridized carbons (Fsp3) is 0.200. The number of para-hydroxylation sites is 1. The van der Waals surface area contributed by atoms with E-state index in [0.29, 0.717) is 11.3 Å². The fourth-order valence-electron chi connectivity index (χ4n) is 1.27. The molecule has 0 unspecified atom stereocenters. The predicted octanol–water partition coefficient (Wildman–Crippen LogP) is 2.73. The molecule has 0 radical (unpaired) electrons. The molecule has 0 atom stereocenters. The van der Waals surface area contributed by atoms with Crippen molar-refractivity contribution in [2.45, 2.75) is 5.92 Å². The average Bonchev–Trinajstić information content (AvgIpc) is 2.75. The molecule has 0 aliphatic heterocycles. The van der Waals surface area contributed by atoms with Crippen molar-refractivity contribution < 1.29 is 13.5 Å². The van der Waals surface area contributed by atoms with Crippen LogP contribution in [0.15, 0.2) is 30.3 Å². The largest absolute Gasteiger partial charge is 0.496 e. The minimum Gasteiger partial charge on any atom is -0.496 e. The van der Waals surface area contributed by atoms with Gasteiger partial charge in [-0.3, -0.25) is 0 Å². The summed E-state index contributed by atoms with van der Waals surface area (Å²) >= 11 is 0. The highest BCUT2D eigenvalue weighted by atomic mass is 19.3. The van der Waals surface area contributed by atoms with Crippen LogP contribution in [-0.2, 0) is 0 Å². The summed E-state index contributed by atoms with van der Waals surface area (Å²) in [4.78, 5) is 0. The van der Waals surface area contributed by atoms with E-state index < -0.39 is 5.92 Å². The molecule has 1 aliphatic carbocycles. The van der Waals surface area contributed by atoms with E-state index >= 15 is 0 Å². The van der Waals surface area contributed by atoms with E-state index in [-0.39, 0.29) is 5.57 Å². The lowest BCUT2D eigenvalue weighted by Gasteiger charge is -2.05. The Hall–Kier alpha value is -1.38. The molecule has 1 aromatic carbocycles. The van der Waals surface area contributed by atoms with E-state index in [1.54, 1.807) is 24.3 Å². The van der Waals surface area contributed by atoms with Crippen LogP contribution < -0.4 is 4.74 Å². The lowest BCUT2D eigenvalue weighted by Crippen LogP contribution is -1.95. The standard InChI is InChI=1S/C10H8F2O/c1-13-9-5-3-2-4-7(9)8-6-10(8,11)12/h2-6H,1H3. The van der Waals surface area contributed by atoms with Crippen molar-refractivity contribution in [1.82, 2.24) is 0 Å². The van der Waals surface area contributed by atoms with Gasteiger partial charge in [0.15, 0.2) is 0 Å². The van der Waals surface area contributed by atoms with Gasteiger partial charge in [-0.05, 0) is 12.1 Å². The minimum atomic E-state index is -2.73. The second kappa shape index (κ2) is 2.55. The van der Waals surface area contributed by atoms with Crippen LogP contribution in [0.3, 0.4) is 0 Å². The molecule has 1 aromatic rings. The fourth-order valence-corrected chi connectivity index (χ4v) is 1.27.